The van der Waals surface area contributed by atoms with Crippen LogP contribution in [0.4, 0.5) is 17.1 Å². The maximum absolute atomic E-state index is 12.3. The first-order valence-corrected chi connectivity index (χ1v) is 8.02. The molecular weight excluding hydrogens is 328 g/mol. The van der Waals surface area contributed by atoms with Crippen LogP contribution >= 0.6 is 0 Å². The number of para-hydroxylation sites is 1. The summed E-state index contributed by atoms with van der Waals surface area (Å²) >= 11 is 0. The maximum atomic E-state index is 12.3. The van der Waals surface area contributed by atoms with E-state index in [2.05, 4.69) is 16.0 Å². The summed E-state index contributed by atoms with van der Waals surface area (Å²) in [7, 11) is 0. The van der Waals surface area contributed by atoms with E-state index in [1.807, 2.05) is 38.1 Å². The van der Waals surface area contributed by atoms with Gasteiger partial charge in [0.05, 0.1) is 0 Å². The molecule has 0 aliphatic rings. The summed E-state index contributed by atoms with van der Waals surface area (Å²) < 4.78 is 0. The first kappa shape index (κ1) is 18.7. The van der Waals surface area contributed by atoms with E-state index in [1.165, 1.54) is 13.1 Å². The maximum Gasteiger partial charge on any atom is 0.267 e. The quantitative estimate of drug-likeness (QED) is 0.567. The topological polar surface area (TPSA) is 94.0 Å². The van der Waals surface area contributed by atoms with Crippen molar-refractivity contribution in [1.29, 1.82) is 5.26 Å². The third kappa shape index (κ3) is 4.95. The van der Waals surface area contributed by atoms with E-state index in [0.717, 1.165) is 16.8 Å². The summed E-state index contributed by atoms with van der Waals surface area (Å²) in [6, 6.07) is 14.4. The number of carbonyl (C=O) groups excluding carboxylic acids is 2. The number of hydrogen-bond donors (Lipinski definition) is 3. The molecule has 0 aliphatic heterocycles. The molecule has 2 amide bonds. The zero-order chi connectivity index (χ0) is 19.1. The lowest BCUT2D eigenvalue weighted by molar-refractivity contribution is -0.114. The summed E-state index contributed by atoms with van der Waals surface area (Å²) in [6.45, 7) is 5.32. The largest absolute Gasteiger partial charge is 0.360 e. The van der Waals surface area contributed by atoms with Gasteiger partial charge in [-0.15, -0.1) is 0 Å². The van der Waals surface area contributed by atoms with Crippen LogP contribution < -0.4 is 16.0 Å². The van der Waals surface area contributed by atoms with E-state index in [9.17, 15) is 14.9 Å². The standard InChI is InChI=1S/C20H20N4O2/c1-13-5-4-6-14(2)19(13)22-12-16(11-21)20(26)24-18-9-7-17(8-10-18)23-15(3)25/h4-10,12,22H,1-3H3,(H,23,25)(H,24,26)/b16-12-. The Morgan fingerprint density at radius 1 is 0.962 bits per heavy atom. The van der Waals surface area contributed by atoms with Gasteiger partial charge in [-0.1, -0.05) is 18.2 Å². The van der Waals surface area contributed by atoms with Gasteiger partial charge in [-0.25, -0.2) is 0 Å². The molecule has 0 radical (unpaired) electrons. The van der Waals surface area contributed by atoms with Crippen LogP contribution in [-0.2, 0) is 9.59 Å². The molecule has 2 rings (SSSR count). The second-order valence-corrected chi connectivity index (χ2v) is 5.79. The van der Waals surface area contributed by atoms with Gasteiger partial charge >= 0.3 is 0 Å². The number of benzene rings is 2. The summed E-state index contributed by atoms with van der Waals surface area (Å²) in [5, 5.41) is 17.6. The van der Waals surface area contributed by atoms with Crippen LogP contribution in [0.3, 0.4) is 0 Å². The molecule has 26 heavy (non-hydrogen) atoms. The minimum atomic E-state index is -0.515. The van der Waals surface area contributed by atoms with Crippen LogP contribution in [0.25, 0.3) is 0 Å². The minimum absolute atomic E-state index is 0.0430. The molecule has 132 valence electrons. The van der Waals surface area contributed by atoms with Crippen molar-refractivity contribution in [2.75, 3.05) is 16.0 Å². The Hall–Kier alpha value is -3.59. The van der Waals surface area contributed by atoms with Gasteiger partial charge in [0.25, 0.3) is 5.91 Å². The van der Waals surface area contributed by atoms with Gasteiger partial charge < -0.3 is 16.0 Å². The van der Waals surface area contributed by atoms with Crippen LogP contribution in [0.15, 0.2) is 54.2 Å². The zero-order valence-corrected chi connectivity index (χ0v) is 14.9. The lowest BCUT2D eigenvalue weighted by atomic mass is 10.1. The van der Waals surface area contributed by atoms with Crippen LogP contribution in [0.1, 0.15) is 18.1 Å². The van der Waals surface area contributed by atoms with Crippen LogP contribution in [0, 0.1) is 25.2 Å². The summed E-state index contributed by atoms with van der Waals surface area (Å²) in [5.41, 5.74) is 4.02. The molecule has 6 nitrogen and oxygen atoms in total. The van der Waals surface area contributed by atoms with Crippen LogP contribution in [-0.4, -0.2) is 11.8 Å². The summed E-state index contributed by atoms with van der Waals surface area (Å²) in [5.74, 6) is -0.687. The molecule has 0 saturated heterocycles. The van der Waals surface area contributed by atoms with E-state index < -0.39 is 5.91 Å². The van der Waals surface area contributed by atoms with Crippen molar-refractivity contribution in [3.05, 3.63) is 65.4 Å². The van der Waals surface area contributed by atoms with E-state index >= 15 is 0 Å². The molecule has 0 atom stereocenters. The van der Waals surface area contributed by atoms with Crippen molar-refractivity contribution in [2.45, 2.75) is 20.8 Å². The molecule has 0 unspecified atom stereocenters. The van der Waals surface area contributed by atoms with E-state index in [1.54, 1.807) is 24.3 Å². The highest BCUT2D eigenvalue weighted by Crippen LogP contribution is 2.20. The summed E-state index contributed by atoms with van der Waals surface area (Å²) in [4.78, 5) is 23.3. The molecule has 0 saturated carbocycles. The third-order valence-corrected chi connectivity index (χ3v) is 3.67. The average Bonchev–Trinajstić information content (AvgIpc) is 2.59. The fourth-order valence-corrected chi connectivity index (χ4v) is 2.37. The van der Waals surface area contributed by atoms with Crippen molar-refractivity contribution in [2.24, 2.45) is 0 Å². The number of amides is 2. The molecule has 0 heterocycles. The van der Waals surface area contributed by atoms with Crippen molar-refractivity contribution in [3.63, 3.8) is 0 Å². The van der Waals surface area contributed by atoms with Crippen LogP contribution in [0.2, 0.25) is 0 Å². The summed E-state index contributed by atoms with van der Waals surface area (Å²) in [6.07, 6.45) is 1.40. The number of nitrogens with one attached hydrogen (secondary N) is 3. The van der Waals surface area contributed by atoms with Crippen molar-refractivity contribution in [1.82, 2.24) is 0 Å². The number of anilines is 3. The monoisotopic (exact) mass is 348 g/mol. The highest BCUT2D eigenvalue weighted by atomic mass is 16.2. The van der Waals surface area contributed by atoms with Gasteiger partial charge in [0, 0.05) is 30.2 Å². The normalized spacial score (nSPS) is 10.6. The Kier molecular flexibility index (Phi) is 6.12. The van der Waals surface area contributed by atoms with Gasteiger partial charge in [0.15, 0.2) is 0 Å². The third-order valence-electron chi connectivity index (χ3n) is 3.67. The lowest BCUT2D eigenvalue weighted by Gasteiger charge is -2.10. The van der Waals surface area contributed by atoms with E-state index in [0.29, 0.717) is 11.4 Å². The fourth-order valence-electron chi connectivity index (χ4n) is 2.37. The van der Waals surface area contributed by atoms with Crippen LogP contribution in [0.5, 0.6) is 0 Å². The van der Waals surface area contributed by atoms with Crippen molar-refractivity contribution < 1.29 is 9.59 Å². The lowest BCUT2D eigenvalue weighted by Crippen LogP contribution is -2.15. The second kappa shape index (κ2) is 8.49. The molecule has 6 heteroatoms. The Morgan fingerprint density at radius 3 is 2.00 bits per heavy atom. The first-order chi connectivity index (χ1) is 12.4. The van der Waals surface area contributed by atoms with Gasteiger partial charge in [0.2, 0.25) is 5.91 Å². The fraction of sp³-hybridized carbons (Fsp3) is 0.150. The number of rotatable bonds is 5. The SMILES string of the molecule is CC(=O)Nc1ccc(NC(=O)/C(C#N)=C\Nc2c(C)cccc2C)cc1. The molecule has 0 spiro atoms. The molecule has 0 aliphatic carbocycles. The first-order valence-electron chi connectivity index (χ1n) is 8.02. The van der Waals surface area contributed by atoms with Gasteiger partial charge in [-0.05, 0) is 49.2 Å². The number of aryl methyl sites for hydroxylation is 2. The molecule has 3 N–H and O–H groups in total. The number of carbonyl (C=O) groups is 2. The predicted octanol–water partition coefficient (Wildman–Crippen LogP) is 3.72. The Balaban J connectivity index is 2.09. The van der Waals surface area contributed by atoms with E-state index in [-0.39, 0.29) is 11.5 Å². The smallest absolute Gasteiger partial charge is 0.267 e. The molecule has 2 aromatic carbocycles. The number of nitrogens with zero attached hydrogens (tertiary/aromatic N) is 1. The molecule has 0 bridgehead atoms. The Morgan fingerprint density at radius 2 is 1.50 bits per heavy atom. The van der Waals surface area contributed by atoms with E-state index in [4.69, 9.17) is 0 Å². The highest BCUT2D eigenvalue weighted by molar-refractivity contribution is 6.06. The molecule has 2 aromatic rings. The van der Waals surface area contributed by atoms with Gasteiger partial charge in [-0.3, -0.25) is 9.59 Å². The Labute approximate surface area is 152 Å². The molecule has 0 fully saturated rings. The minimum Gasteiger partial charge on any atom is -0.360 e. The van der Waals surface area contributed by atoms with Gasteiger partial charge in [0.1, 0.15) is 11.6 Å². The number of nitriles is 1. The average molecular weight is 348 g/mol. The molecular formula is C20H20N4O2. The molecule has 0 aromatic heterocycles. The van der Waals surface area contributed by atoms with Crippen molar-refractivity contribution in [3.8, 4) is 6.07 Å². The zero-order valence-electron chi connectivity index (χ0n) is 14.9. The van der Waals surface area contributed by atoms with Gasteiger partial charge in [-0.2, -0.15) is 5.26 Å². The Bertz CT molecular complexity index is 873. The predicted molar refractivity (Wildman–Crippen MR) is 103 cm³/mol. The second-order valence-electron chi connectivity index (χ2n) is 5.79. The van der Waals surface area contributed by atoms with Crippen molar-refractivity contribution >= 4 is 28.9 Å². The highest BCUT2D eigenvalue weighted by Gasteiger charge is 2.10. The number of hydrogen-bond acceptors (Lipinski definition) is 4.